The molecule has 8 heteroatoms. The number of carbonyl (C=O) groups is 1. The SMILES string of the molecule is CCC(CC(=O)O)NS(=O)(=O)c1cncc(F)c1. The molecule has 0 aliphatic carbocycles. The highest BCUT2D eigenvalue weighted by Gasteiger charge is 2.21. The fourth-order valence-electron chi connectivity index (χ4n) is 1.31. The fraction of sp³-hybridized carbons (Fsp3) is 0.400. The molecule has 0 spiro atoms. The number of nitrogens with zero attached hydrogens (tertiary/aromatic N) is 1. The molecule has 1 aromatic heterocycles. The minimum Gasteiger partial charge on any atom is -0.481 e. The van der Waals surface area contributed by atoms with Gasteiger partial charge < -0.3 is 5.11 Å². The van der Waals surface area contributed by atoms with Crippen LogP contribution >= 0.6 is 0 Å². The number of sulfonamides is 1. The van der Waals surface area contributed by atoms with Crippen molar-refractivity contribution in [3.05, 3.63) is 24.3 Å². The highest BCUT2D eigenvalue weighted by atomic mass is 32.2. The van der Waals surface area contributed by atoms with Crippen LogP contribution in [0.3, 0.4) is 0 Å². The van der Waals surface area contributed by atoms with Gasteiger partial charge in [-0.3, -0.25) is 9.78 Å². The second kappa shape index (κ2) is 5.87. The van der Waals surface area contributed by atoms with Gasteiger partial charge in [-0.2, -0.15) is 0 Å². The first kappa shape index (κ1) is 14.5. The molecule has 1 rings (SSSR count). The first-order valence-corrected chi connectivity index (χ1v) is 6.68. The van der Waals surface area contributed by atoms with Crippen molar-refractivity contribution < 1.29 is 22.7 Å². The largest absolute Gasteiger partial charge is 0.481 e. The van der Waals surface area contributed by atoms with Gasteiger partial charge in [0, 0.05) is 12.2 Å². The van der Waals surface area contributed by atoms with Crippen molar-refractivity contribution in [1.82, 2.24) is 9.71 Å². The maximum absolute atomic E-state index is 12.9. The summed E-state index contributed by atoms with van der Waals surface area (Å²) in [5.74, 6) is -1.88. The van der Waals surface area contributed by atoms with E-state index in [1.54, 1.807) is 6.92 Å². The second-order valence-electron chi connectivity index (χ2n) is 3.66. The molecule has 6 nitrogen and oxygen atoms in total. The average molecular weight is 276 g/mol. The molecule has 100 valence electrons. The number of rotatable bonds is 6. The highest BCUT2D eigenvalue weighted by molar-refractivity contribution is 7.89. The van der Waals surface area contributed by atoms with Crippen molar-refractivity contribution in [2.45, 2.75) is 30.7 Å². The number of hydrogen-bond acceptors (Lipinski definition) is 4. The van der Waals surface area contributed by atoms with Gasteiger partial charge >= 0.3 is 5.97 Å². The van der Waals surface area contributed by atoms with E-state index in [0.29, 0.717) is 6.42 Å². The number of nitrogens with one attached hydrogen (secondary N) is 1. The number of carboxylic acid groups (broad SMARTS) is 1. The molecule has 1 unspecified atom stereocenters. The van der Waals surface area contributed by atoms with Crippen molar-refractivity contribution in [3.63, 3.8) is 0 Å². The van der Waals surface area contributed by atoms with Gasteiger partial charge in [-0.25, -0.2) is 17.5 Å². The summed E-state index contributed by atoms with van der Waals surface area (Å²) >= 11 is 0. The summed E-state index contributed by atoms with van der Waals surface area (Å²) in [6.45, 7) is 1.65. The summed E-state index contributed by atoms with van der Waals surface area (Å²) in [5, 5.41) is 8.62. The lowest BCUT2D eigenvalue weighted by Gasteiger charge is -2.14. The predicted molar refractivity (Wildman–Crippen MR) is 60.8 cm³/mol. The zero-order chi connectivity index (χ0) is 13.8. The Bertz CT molecular complexity index is 532. The molecule has 1 heterocycles. The van der Waals surface area contributed by atoms with E-state index < -0.39 is 27.9 Å². The first-order chi connectivity index (χ1) is 8.35. The van der Waals surface area contributed by atoms with Gasteiger partial charge in [0.25, 0.3) is 0 Å². The first-order valence-electron chi connectivity index (χ1n) is 5.20. The van der Waals surface area contributed by atoms with Crippen LogP contribution in [0, 0.1) is 5.82 Å². The number of aliphatic carboxylic acids is 1. The number of pyridine rings is 1. The number of carboxylic acids is 1. The summed E-state index contributed by atoms with van der Waals surface area (Å²) in [4.78, 5) is 13.6. The third-order valence-electron chi connectivity index (χ3n) is 2.23. The quantitative estimate of drug-likeness (QED) is 0.799. The van der Waals surface area contributed by atoms with E-state index in [0.717, 1.165) is 18.5 Å². The molecular formula is C10H13FN2O4S. The van der Waals surface area contributed by atoms with Gasteiger partial charge in [0.05, 0.1) is 12.6 Å². The molecule has 2 N–H and O–H groups in total. The molecule has 1 aromatic rings. The third kappa shape index (κ3) is 4.04. The average Bonchev–Trinajstić information content (AvgIpc) is 2.27. The molecule has 0 saturated heterocycles. The molecule has 0 bridgehead atoms. The van der Waals surface area contributed by atoms with Crippen LogP contribution in [0.15, 0.2) is 23.4 Å². The maximum Gasteiger partial charge on any atom is 0.304 e. The van der Waals surface area contributed by atoms with Crippen molar-refractivity contribution in [2.24, 2.45) is 0 Å². The van der Waals surface area contributed by atoms with Crippen LogP contribution in [-0.2, 0) is 14.8 Å². The Morgan fingerprint density at radius 3 is 2.72 bits per heavy atom. The lowest BCUT2D eigenvalue weighted by atomic mass is 10.2. The van der Waals surface area contributed by atoms with Gasteiger partial charge in [0.2, 0.25) is 10.0 Å². The zero-order valence-electron chi connectivity index (χ0n) is 9.63. The zero-order valence-corrected chi connectivity index (χ0v) is 10.4. The topological polar surface area (TPSA) is 96.4 Å². The summed E-state index contributed by atoms with van der Waals surface area (Å²) in [6.07, 6.45) is 1.86. The standard InChI is InChI=1S/C10H13FN2O4S/c1-2-8(4-10(14)15)13-18(16,17)9-3-7(11)5-12-6-9/h3,5-6,8,13H,2,4H2,1H3,(H,14,15). The molecule has 0 amide bonds. The normalized spacial score (nSPS) is 13.2. The Hall–Kier alpha value is -1.54. The van der Waals surface area contributed by atoms with Crippen LogP contribution in [0.2, 0.25) is 0 Å². The minimum absolute atomic E-state index is 0.314. The molecular weight excluding hydrogens is 263 g/mol. The fourth-order valence-corrected chi connectivity index (χ4v) is 2.60. The lowest BCUT2D eigenvalue weighted by Crippen LogP contribution is -2.36. The Kier molecular flexibility index (Phi) is 4.74. The third-order valence-corrected chi connectivity index (χ3v) is 3.71. The van der Waals surface area contributed by atoms with Gasteiger partial charge in [-0.1, -0.05) is 6.92 Å². The highest BCUT2D eigenvalue weighted by Crippen LogP contribution is 2.11. The van der Waals surface area contributed by atoms with E-state index in [9.17, 15) is 17.6 Å². The second-order valence-corrected chi connectivity index (χ2v) is 5.38. The monoisotopic (exact) mass is 276 g/mol. The molecule has 1 atom stereocenters. The minimum atomic E-state index is -3.96. The van der Waals surface area contributed by atoms with Gasteiger partial charge in [0.1, 0.15) is 10.7 Å². The lowest BCUT2D eigenvalue weighted by molar-refractivity contribution is -0.137. The molecule has 0 fully saturated rings. The Labute approximate surface area is 104 Å². The smallest absolute Gasteiger partial charge is 0.304 e. The summed E-state index contributed by atoms with van der Waals surface area (Å²) in [5.41, 5.74) is 0. The summed E-state index contributed by atoms with van der Waals surface area (Å²) in [6, 6.07) is 0.0822. The van der Waals surface area contributed by atoms with Gasteiger partial charge in [-0.05, 0) is 12.5 Å². The molecule has 0 radical (unpaired) electrons. The van der Waals surface area contributed by atoms with Crippen molar-refractivity contribution in [2.75, 3.05) is 0 Å². The number of aromatic nitrogens is 1. The maximum atomic E-state index is 12.9. The predicted octanol–water partition coefficient (Wildman–Crippen LogP) is 0.752. The van der Waals surface area contributed by atoms with E-state index in [4.69, 9.17) is 5.11 Å². The van der Waals surface area contributed by atoms with E-state index in [1.165, 1.54) is 0 Å². The van der Waals surface area contributed by atoms with Crippen LogP contribution in [0.4, 0.5) is 4.39 Å². The van der Waals surface area contributed by atoms with E-state index in [1.807, 2.05) is 0 Å². The van der Waals surface area contributed by atoms with Crippen LogP contribution in [0.5, 0.6) is 0 Å². The van der Waals surface area contributed by atoms with Gasteiger partial charge in [-0.15, -0.1) is 0 Å². The van der Waals surface area contributed by atoms with Crippen LogP contribution in [0.1, 0.15) is 19.8 Å². The van der Waals surface area contributed by atoms with Crippen molar-refractivity contribution >= 4 is 16.0 Å². The molecule has 0 saturated carbocycles. The van der Waals surface area contributed by atoms with Gasteiger partial charge in [0.15, 0.2) is 0 Å². The molecule has 0 aliphatic heterocycles. The molecule has 0 aromatic carbocycles. The van der Waals surface area contributed by atoms with E-state index >= 15 is 0 Å². The van der Waals surface area contributed by atoms with Crippen molar-refractivity contribution in [1.29, 1.82) is 0 Å². The number of halogens is 1. The van der Waals surface area contributed by atoms with Crippen LogP contribution < -0.4 is 4.72 Å². The Morgan fingerprint density at radius 2 is 2.22 bits per heavy atom. The van der Waals surface area contributed by atoms with Crippen LogP contribution in [-0.4, -0.2) is 30.5 Å². The summed E-state index contributed by atoms with van der Waals surface area (Å²) < 4.78 is 38.7. The van der Waals surface area contributed by atoms with Crippen molar-refractivity contribution in [3.8, 4) is 0 Å². The molecule has 0 aliphatic rings. The van der Waals surface area contributed by atoms with Crippen LogP contribution in [0.25, 0.3) is 0 Å². The van der Waals surface area contributed by atoms with E-state index in [2.05, 4.69) is 9.71 Å². The number of hydrogen-bond donors (Lipinski definition) is 2. The Morgan fingerprint density at radius 1 is 1.56 bits per heavy atom. The molecule has 18 heavy (non-hydrogen) atoms. The van der Waals surface area contributed by atoms with E-state index in [-0.39, 0.29) is 11.3 Å². The summed E-state index contributed by atoms with van der Waals surface area (Å²) in [7, 11) is -3.96. The Balaban J connectivity index is 2.90.